The molecule has 1 aromatic rings. The zero-order chi connectivity index (χ0) is 8.27. The van der Waals surface area contributed by atoms with E-state index in [0.29, 0.717) is 6.54 Å². The molecule has 0 atom stereocenters. The third-order valence-corrected chi connectivity index (χ3v) is 1.73. The molecule has 0 radical (unpaired) electrons. The van der Waals surface area contributed by atoms with E-state index in [1.807, 2.05) is 24.3 Å². The molecule has 0 fully saturated rings. The minimum absolute atomic E-state index is 0.269. The topological polar surface area (TPSA) is 49.9 Å². The summed E-state index contributed by atoms with van der Waals surface area (Å²) in [5.41, 5.74) is 7.24. The Morgan fingerprint density at radius 3 is 2.55 bits per heavy atom. The lowest BCUT2D eigenvalue weighted by Gasteiger charge is -2.03. The fraction of sp³-hybridized carbons (Fsp3) is 0.125. The molecule has 58 valence electrons. The molecule has 1 aromatic carbocycles. The molecule has 1 rings (SSSR count). The number of hydrogen-bond donors (Lipinski definition) is 3. The molecular weight excluding hydrogens is 156 g/mol. The summed E-state index contributed by atoms with van der Waals surface area (Å²) in [6.45, 7) is 0.457. The van der Waals surface area contributed by atoms with Crippen molar-refractivity contribution in [2.24, 2.45) is 5.73 Å². The molecular formula is C8H10N2S. The minimum Gasteiger partial charge on any atom is -0.326 e. The molecule has 0 aliphatic carbocycles. The van der Waals surface area contributed by atoms with Crippen molar-refractivity contribution in [1.29, 1.82) is 5.41 Å². The average Bonchev–Trinajstić information content (AvgIpc) is 2.04. The maximum atomic E-state index is 7.29. The maximum absolute atomic E-state index is 7.29. The van der Waals surface area contributed by atoms with Gasteiger partial charge in [-0.2, -0.15) is 0 Å². The van der Waals surface area contributed by atoms with Gasteiger partial charge in [0.05, 0.1) is 5.04 Å². The highest BCUT2D eigenvalue weighted by Gasteiger charge is 2.00. The van der Waals surface area contributed by atoms with E-state index in [-0.39, 0.29) is 5.04 Å². The van der Waals surface area contributed by atoms with Gasteiger partial charge in [0, 0.05) is 12.1 Å². The van der Waals surface area contributed by atoms with E-state index in [1.165, 1.54) is 0 Å². The predicted molar refractivity (Wildman–Crippen MR) is 50.1 cm³/mol. The third-order valence-electron chi connectivity index (χ3n) is 1.49. The largest absolute Gasteiger partial charge is 0.326 e. The van der Waals surface area contributed by atoms with Crippen molar-refractivity contribution in [3.05, 3.63) is 35.4 Å². The van der Waals surface area contributed by atoms with Crippen LogP contribution in [0.15, 0.2) is 24.3 Å². The molecule has 0 saturated heterocycles. The number of benzene rings is 1. The van der Waals surface area contributed by atoms with Crippen molar-refractivity contribution in [3.8, 4) is 0 Å². The first-order valence-electron chi connectivity index (χ1n) is 3.31. The molecule has 0 amide bonds. The van der Waals surface area contributed by atoms with Gasteiger partial charge in [-0.15, -0.1) is 12.6 Å². The first-order valence-corrected chi connectivity index (χ1v) is 3.76. The van der Waals surface area contributed by atoms with Gasteiger partial charge in [0.2, 0.25) is 0 Å². The second-order valence-electron chi connectivity index (χ2n) is 2.21. The summed E-state index contributed by atoms with van der Waals surface area (Å²) in [6.07, 6.45) is 0. The van der Waals surface area contributed by atoms with E-state index in [1.54, 1.807) is 0 Å². The first kappa shape index (κ1) is 8.30. The van der Waals surface area contributed by atoms with Crippen molar-refractivity contribution >= 4 is 17.7 Å². The van der Waals surface area contributed by atoms with E-state index in [9.17, 15) is 0 Å². The van der Waals surface area contributed by atoms with Crippen LogP contribution in [0.5, 0.6) is 0 Å². The zero-order valence-corrected chi connectivity index (χ0v) is 6.94. The SMILES string of the molecule is N=C(S)c1ccccc1CN. The van der Waals surface area contributed by atoms with Gasteiger partial charge < -0.3 is 5.73 Å². The van der Waals surface area contributed by atoms with Crippen LogP contribution in [0.3, 0.4) is 0 Å². The molecule has 0 aromatic heterocycles. The fourth-order valence-corrected chi connectivity index (χ4v) is 1.15. The molecule has 2 nitrogen and oxygen atoms in total. The molecule has 0 heterocycles. The Bertz CT molecular complexity index is 271. The minimum atomic E-state index is 0.269. The monoisotopic (exact) mass is 166 g/mol. The lowest BCUT2D eigenvalue weighted by Crippen LogP contribution is -2.02. The van der Waals surface area contributed by atoms with Crippen molar-refractivity contribution in [2.45, 2.75) is 6.54 Å². The van der Waals surface area contributed by atoms with Gasteiger partial charge in [-0.3, -0.25) is 5.41 Å². The fourth-order valence-electron chi connectivity index (χ4n) is 0.929. The summed E-state index contributed by atoms with van der Waals surface area (Å²) < 4.78 is 0. The summed E-state index contributed by atoms with van der Waals surface area (Å²) in [6, 6.07) is 7.53. The van der Waals surface area contributed by atoms with Gasteiger partial charge in [-0.25, -0.2) is 0 Å². The highest BCUT2D eigenvalue weighted by Crippen LogP contribution is 2.09. The highest BCUT2D eigenvalue weighted by atomic mass is 32.1. The summed E-state index contributed by atoms with van der Waals surface area (Å²) in [5.74, 6) is 0. The van der Waals surface area contributed by atoms with Crippen molar-refractivity contribution < 1.29 is 0 Å². The Labute approximate surface area is 71.3 Å². The van der Waals surface area contributed by atoms with Crippen LogP contribution in [0, 0.1) is 5.41 Å². The van der Waals surface area contributed by atoms with E-state index < -0.39 is 0 Å². The summed E-state index contributed by atoms with van der Waals surface area (Å²) in [4.78, 5) is 0. The number of hydrogen-bond acceptors (Lipinski definition) is 2. The van der Waals surface area contributed by atoms with Crippen LogP contribution in [-0.2, 0) is 6.54 Å². The Hall–Kier alpha value is -0.800. The molecule has 3 N–H and O–H groups in total. The number of nitrogens with one attached hydrogen (secondary N) is 1. The number of thiol groups is 1. The quantitative estimate of drug-likeness (QED) is 0.347. The van der Waals surface area contributed by atoms with Crippen LogP contribution in [0.1, 0.15) is 11.1 Å². The van der Waals surface area contributed by atoms with Crippen molar-refractivity contribution in [2.75, 3.05) is 0 Å². The summed E-state index contributed by atoms with van der Waals surface area (Å²) in [7, 11) is 0. The first-order chi connectivity index (χ1) is 5.25. The molecule has 0 spiro atoms. The van der Waals surface area contributed by atoms with Crippen LogP contribution in [0.2, 0.25) is 0 Å². The maximum Gasteiger partial charge on any atom is 0.0915 e. The van der Waals surface area contributed by atoms with Gasteiger partial charge >= 0.3 is 0 Å². The molecule has 0 aliphatic rings. The number of rotatable bonds is 2. The second kappa shape index (κ2) is 3.55. The van der Waals surface area contributed by atoms with Gasteiger partial charge in [0.25, 0.3) is 0 Å². The third kappa shape index (κ3) is 1.82. The smallest absolute Gasteiger partial charge is 0.0915 e. The van der Waals surface area contributed by atoms with E-state index in [0.717, 1.165) is 11.1 Å². The standard InChI is InChI=1S/C8H10N2S/c9-5-6-3-1-2-4-7(6)8(10)11/h1-4H,5,9H2,(H2,10,11). The predicted octanol–water partition coefficient (Wildman–Crippen LogP) is 1.40. The van der Waals surface area contributed by atoms with Crippen LogP contribution in [0.25, 0.3) is 0 Å². The Morgan fingerprint density at radius 2 is 2.09 bits per heavy atom. The van der Waals surface area contributed by atoms with Gasteiger partial charge in [-0.05, 0) is 5.56 Å². The van der Waals surface area contributed by atoms with E-state index in [4.69, 9.17) is 11.1 Å². The molecule has 0 unspecified atom stereocenters. The van der Waals surface area contributed by atoms with Gasteiger partial charge in [0.15, 0.2) is 0 Å². The second-order valence-corrected chi connectivity index (χ2v) is 2.66. The van der Waals surface area contributed by atoms with Crippen molar-refractivity contribution in [1.82, 2.24) is 0 Å². The Balaban J connectivity index is 3.12. The average molecular weight is 166 g/mol. The lowest BCUT2D eigenvalue weighted by atomic mass is 10.1. The van der Waals surface area contributed by atoms with Crippen molar-refractivity contribution in [3.63, 3.8) is 0 Å². The molecule has 0 bridgehead atoms. The highest BCUT2D eigenvalue weighted by molar-refractivity contribution is 7.97. The lowest BCUT2D eigenvalue weighted by molar-refractivity contribution is 1.07. The zero-order valence-electron chi connectivity index (χ0n) is 6.04. The van der Waals surface area contributed by atoms with E-state index in [2.05, 4.69) is 12.6 Å². The molecule has 0 saturated carbocycles. The number of nitrogens with two attached hydrogens (primary N) is 1. The van der Waals surface area contributed by atoms with Gasteiger partial charge in [0.1, 0.15) is 0 Å². The normalized spacial score (nSPS) is 9.64. The Morgan fingerprint density at radius 1 is 1.45 bits per heavy atom. The molecule has 3 heteroatoms. The molecule has 0 aliphatic heterocycles. The van der Waals surface area contributed by atoms with Crippen LogP contribution in [-0.4, -0.2) is 5.04 Å². The van der Waals surface area contributed by atoms with Gasteiger partial charge in [-0.1, -0.05) is 24.3 Å². The van der Waals surface area contributed by atoms with Crippen LogP contribution < -0.4 is 5.73 Å². The summed E-state index contributed by atoms with van der Waals surface area (Å²) >= 11 is 3.94. The van der Waals surface area contributed by atoms with E-state index >= 15 is 0 Å². The Kier molecular flexibility index (Phi) is 2.68. The molecule has 11 heavy (non-hydrogen) atoms. The van der Waals surface area contributed by atoms with Crippen LogP contribution >= 0.6 is 12.6 Å². The summed E-state index contributed by atoms with van der Waals surface area (Å²) in [5, 5.41) is 7.56. The van der Waals surface area contributed by atoms with Crippen LogP contribution in [0.4, 0.5) is 0 Å².